The zero-order valence-electron chi connectivity index (χ0n) is 37.0. The molecule has 9 aliphatic rings. The molecule has 5 aliphatic heterocycles. The molecule has 17 heteroatoms. The van der Waals surface area contributed by atoms with Gasteiger partial charge in [-0.05, 0) is 112 Å². The van der Waals surface area contributed by atoms with Gasteiger partial charge in [-0.3, -0.25) is 0 Å². The molecule has 0 radical (unpaired) electrons. The summed E-state index contributed by atoms with van der Waals surface area (Å²) in [5.74, 6) is 2.55. The van der Waals surface area contributed by atoms with Crippen LogP contribution in [0.15, 0.2) is 0 Å². The molecule has 0 aromatic carbocycles. The molecular weight excluding hydrogens is 812 g/mol. The van der Waals surface area contributed by atoms with Crippen LogP contribution < -0.4 is 0 Å². The van der Waals surface area contributed by atoms with Crippen molar-refractivity contribution >= 4 is 0 Å². The van der Waals surface area contributed by atoms with Gasteiger partial charge in [0.05, 0.1) is 43.7 Å². The maximum absolute atomic E-state index is 12.1. The molecule has 0 bridgehead atoms. The van der Waals surface area contributed by atoms with Gasteiger partial charge >= 0.3 is 0 Å². The van der Waals surface area contributed by atoms with Gasteiger partial charge in [-0.15, -0.1) is 0 Å². The summed E-state index contributed by atoms with van der Waals surface area (Å²) in [5, 5.41) is 98.0. The largest absolute Gasteiger partial charge is 0.394 e. The highest BCUT2D eigenvalue weighted by molar-refractivity contribution is 5.16. The fourth-order valence-corrected chi connectivity index (χ4v) is 14.6. The van der Waals surface area contributed by atoms with E-state index in [1.807, 2.05) is 0 Å². The van der Waals surface area contributed by atoms with Gasteiger partial charge in [0.1, 0.15) is 61.0 Å². The van der Waals surface area contributed by atoms with Gasteiger partial charge in [-0.1, -0.05) is 27.7 Å². The molecule has 5 saturated heterocycles. The molecule has 28 atom stereocenters. The van der Waals surface area contributed by atoms with Crippen LogP contribution in [-0.4, -0.2) is 175 Å². The number of ether oxygens (including phenoxy) is 8. The van der Waals surface area contributed by atoms with Gasteiger partial charge < -0.3 is 83.9 Å². The highest BCUT2D eigenvalue weighted by atomic mass is 16.8. The summed E-state index contributed by atoms with van der Waals surface area (Å²) in [4.78, 5) is 0. The number of hydrogen-bond donors (Lipinski definition) is 9. The van der Waals surface area contributed by atoms with Crippen LogP contribution in [0.5, 0.6) is 0 Å². The van der Waals surface area contributed by atoms with Gasteiger partial charge in [0, 0.05) is 12.3 Å². The van der Waals surface area contributed by atoms with Crippen LogP contribution in [0.4, 0.5) is 0 Å². The molecule has 0 aromatic rings. The number of aliphatic hydroxyl groups is 9. The van der Waals surface area contributed by atoms with E-state index >= 15 is 0 Å². The molecule has 356 valence electrons. The summed E-state index contributed by atoms with van der Waals surface area (Å²) in [6.45, 7) is 12.5. The van der Waals surface area contributed by atoms with Crippen LogP contribution in [0.3, 0.4) is 0 Å². The quantitative estimate of drug-likeness (QED) is 0.156. The Morgan fingerprint density at radius 3 is 1.87 bits per heavy atom. The fraction of sp³-hybridized carbons (Fsp3) is 1.00. The summed E-state index contributed by atoms with van der Waals surface area (Å²) in [7, 11) is 0. The van der Waals surface area contributed by atoms with Crippen LogP contribution in [-0.2, 0) is 37.9 Å². The van der Waals surface area contributed by atoms with Crippen LogP contribution in [0.2, 0.25) is 0 Å². The second-order valence-electron chi connectivity index (χ2n) is 21.6. The van der Waals surface area contributed by atoms with E-state index in [4.69, 9.17) is 37.9 Å². The number of hydrogen-bond acceptors (Lipinski definition) is 17. The zero-order chi connectivity index (χ0) is 44.4. The first-order valence-electron chi connectivity index (χ1n) is 23.6. The standard InChI is InChI=1S/C45H74O17/c1-18-9-12-45(55-17-18)19(2)30-28(62-45)14-25-23-8-7-22-13-27(26(47)15-44(22,6)24(23)10-11-43(25,30)5)58-42-39(61-41-36(53)34(51)32(49)21(4)57-41)37(54)38(29(16-46)59-42)60-40-35(52)33(50)31(48)20(3)56-40/h18-42,46-54H,7-17H2,1-6H3/t18-,19+,20+,21+,22+,23-,24+,25+,26-,27-,28+,29-,30+,31+,32+,33-,34-,35-,36-,37+,38-,39-,40+,41+,42-,43+,44+,45-/m1/s1. The summed E-state index contributed by atoms with van der Waals surface area (Å²) in [5.41, 5.74) is 0.000556. The summed E-state index contributed by atoms with van der Waals surface area (Å²) in [6.07, 6.45) is -15.4. The molecule has 0 aromatic heterocycles. The highest BCUT2D eigenvalue weighted by Gasteiger charge is 2.69. The van der Waals surface area contributed by atoms with Crippen molar-refractivity contribution in [3.63, 3.8) is 0 Å². The lowest BCUT2D eigenvalue weighted by atomic mass is 9.44. The zero-order valence-corrected chi connectivity index (χ0v) is 37.0. The molecule has 9 N–H and O–H groups in total. The minimum Gasteiger partial charge on any atom is -0.394 e. The van der Waals surface area contributed by atoms with Crippen molar-refractivity contribution in [2.45, 2.75) is 216 Å². The van der Waals surface area contributed by atoms with Crippen LogP contribution in [0, 0.1) is 52.3 Å². The second-order valence-corrected chi connectivity index (χ2v) is 21.6. The lowest BCUT2D eigenvalue weighted by Gasteiger charge is -2.62. The van der Waals surface area contributed by atoms with E-state index < -0.39 is 117 Å². The summed E-state index contributed by atoms with van der Waals surface area (Å²) < 4.78 is 49.9. The van der Waals surface area contributed by atoms with Gasteiger partial charge in [0.2, 0.25) is 0 Å². The van der Waals surface area contributed by atoms with Crippen molar-refractivity contribution in [2.75, 3.05) is 13.2 Å². The van der Waals surface area contributed by atoms with Crippen LogP contribution in [0.1, 0.15) is 99.3 Å². The average molecular weight is 887 g/mol. The minimum atomic E-state index is -1.75. The molecule has 0 amide bonds. The van der Waals surface area contributed by atoms with E-state index in [9.17, 15) is 46.0 Å². The Hall–Kier alpha value is -0.680. The Morgan fingerprint density at radius 1 is 0.613 bits per heavy atom. The third kappa shape index (κ3) is 7.47. The lowest BCUT2D eigenvalue weighted by molar-refractivity contribution is -0.391. The Kier molecular flexibility index (Phi) is 12.8. The smallest absolute Gasteiger partial charge is 0.187 e. The molecule has 62 heavy (non-hydrogen) atoms. The normalized spacial score (nSPS) is 60.1. The van der Waals surface area contributed by atoms with E-state index in [0.717, 1.165) is 51.6 Å². The van der Waals surface area contributed by atoms with Gasteiger partial charge in [-0.25, -0.2) is 0 Å². The Morgan fingerprint density at radius 2 is 1.26 bits per heavy atom. The van der Waals surface area contributed by atoms with Gasteiger partial charge in [0.25, 0.3) is 0 Å². The molecule has 0 unspecified atom stereocenters. The SMILES string of the molecule is C[C@@H]1CC[C@@]2(OC1)O[C@H]1C[C@H]3[C@@H]4CC[C@H]5C[C@@H](O[C@@H]6O[C@H](CO)[C@@H](O[C@@H]7O[C@@H](C)[C@H](O)[C@@H](O)[C@H]7O)[C@H](O)[C@H]6O[C@@H]6O[C@@H](C)[C@H](O)[C@@H](O)[C@H]6O)[C@H](O)C[C@]5(C)[C@H]4CC[C@]3(C)[C@H]1[C@@H]2C. The maximum Gasteiger partial charge on any atom is 0.187 e. The number of aliphatic hydroxyl groups excluding tert-OH is 9. The number of fused-ring (bicyclic) bond motifs is 7. The average Bonchev–Trinajstić information content (AvgIpc) is 3.69. The van der Waals surface area contributed by atoms with Crippen molar-refractivity contribution < 1.29 is 83.9 Å². The first kappa shape index (κ1) is 46.4. The van der Waals surface area contributed by atoms with E-state index in [1.54, 1.807) is 0 Å². The fourth-order valence-electron chi connectivity index (χ4n) is 14.6. The molecule has 9 rings (SSSR count). The van der Waals surface area contributed by atoms with Gasteiger partial charge in [-0.2, -0.15) is 0 Å². The summed E-state index contributed by atoms with van der Waals surface area (Å²) >= 11 is 0. The molecule has 5 heterocycles. The minimum absolute atomic E-state index is 0.157. The highest BCUT2D eigenvalue weighted by Crippen LogP contribution is 2.71. The van der Waals surface area contributed by atoms with Crippen molar-refractivity contribution in [2.24, 2.45) is 52.3 Å². The molecule has 4 aliphatic carbocycles. The Labute approximate surface area is 364 Å². The van der Waals surface area contributed by atoms with E-state index in [1.165, 1.54) is 13.8 Å². The Bertz CT molecular complexity index is 1570. The van der Waals surface area contributed by atoms with Crippen molar-refractivity contribution in [1.82, 2.24) is 0 Å². The predicted molar refractivity (Wildman–Crippen MR) is 214 cm³/mol. The third-order valence-corrected chi connectivity index (χ3v) is 18.2. The van der Waals surface area contributed by atoms with Crippen molar-refractivity contribution in [3.05, 3.63) is 0 Å². The first-order valence-corrected chi connectivity index (χ1v) is 23.6. The number of rotatable bonds is 7. The van der Waals surface area contributed by atoms with Crippen molar-refractivity contribution in [1.29, 1.82) is 0 Å². The second kappa shape index (κ2) is 17.1. The molecule has 17 nitrogen and oxygen atoms in total. The predicted octanol–water partition coefficient (Wildman–Crippen LogP) is 0.292. The molecular formula is C45H74O17. The van der Waals surface area contributed by atoms with Crippen molar-refractivity contribution in [3.8, 4) is 0 Å². The lowest BCUT2D eigenvalue weighted by Crippen LogP contribution is -2.67. The maximum atomic E-state index is 12.1. The first-order chi connectivity index (χ1) is 29.3. The Balaban J connectivity index is 0.915. The molecule has 4 saturated carbocycles. The van der Waals surface area contributed by atoms with E-state index in [0.29, 0.717) is 48.3 Å². The van der Waals surface area contributed by atoms with E-state index in [2.05, 4.69) is 27.7 Å². The van der Waals surface area contributed by atoms with Gasteiger partial charge in [0.15, 0.2) is 24.7 Å². The van der Waals surface area contributed by atoms with Crippen LogP contribution >= 0.6 is 0 Å². The van der Waals surface area contributed by atoms with Crippen LogP contribution in [0.25, 0.3) is 0 Å². The van der Waals surface area contributed by atoms with E-state index in [-0.39, 0.29) is 22.9 Å². The third-order valence-electron chi connectivity index (χ3n) is 18.2. The monoisotopic (exact) mass is 886 g/mol. The molecule has 9 fully saturated rings. The topological polar surface area (TPSA) is 256 Å². The summed E-state index contributed by atoms with van der Waals surface area (Å²) in [6, 6.07) is 0. The molecule has 1 spiro atoms.